The van der Waals surface area contributed by atoms with Gasteiger partial charge in [0.15, 0.2) is 15.6 Å². The Morgan fingerprint density at radius 1 is 1.00 bits per heavy atom. The second-order valence-electron chi connectivity index (χ2n) is 6.05. The molecule has 3 aromatic rings. The van der Waals surface area contributed by atoms with Crippen LogP contribution in [0.1, 0.15) is 20.8 Å². The summed E-state index contributed by atoms with van der Waals surface area (Å²) in [6.45, 7) is 2.01. The lowest BCUT2D eigenvalue weighted by Gasteiger charge is -2.01. The zero-order chi connectivity index (χ0) is 18.0. The Bertz CT molecular complexity index is 1010. The third-order valence-electron chi connectivity index (χ3n) is 3.89. The topological polar surface area (TPSA) is 51.2 Å². The number of carbonyl (C=O) groups excluding carboxylic acids is 1. The molecular weight excluding hydrogens is 352 g/mol. The van der Waals surface area contributed by atoms with E-state index in [1.54, 1.807) is 24.3 Å². The Balaban J connectivity index is 1.79. The highest BCUT2D eigenvalue weighted by molar-refractivity contribution is 7.90. The van der Waals surface area contributed by atoms with E-state index in [-0.39, 0.29) is 5.78 Å². The molecule has 0 saturated carbocycles. The van der Waals surface area contributed by atoms with E-state index in [0.717, 1.165) is 21.6 Å². The van der Waals surface area contributed by atoms with Crippen molar-refractivity contribution < 1.29 is 13.2 Å². The Kier molecular flexibility index (Phi) is 4.88. The number of benzene rings is 2. The number of hydrogen-bond donors (Lipinski definition) is 0. The van der Waals surface area contributed by atoms with Gasteiger partial charge in [-0.3, -0.25) is 4.79 Å². The molecule has 0 bridgehead atoms. The lowest BCUT2D eigenvalue weighted by molar-refractivity contribution is 0.0997. The van der Waals surface area contributed by atoms with E-state index in [1.807, 2.05) is 43.3 Å². The Labute approximate surface area is 151 Å². The first-order valence-electron chi connectivity index (χ1n) is 7.82. The molecule has 1 aromatic heterocycles. The van der Waals surface area contributed by atoms with Crippen molar-refractivity contribution in [1.29, 1.82) is 0 Å². The minimum Gasteiger partial charge on any atom is -0.293 e. The first-order chi connectivity index (χ1) is 11.8. The van der Waals surface area contributed by atoms with Crippen LogP contribution in [0, 0.1) is 6.92 Å². The number of rotatable bonds is 5. The number of aryl methyl sites for hydroxylation is 1. The molecule has 0 saturated heterocycles. The van der Waals surface area contributed by atoms with Crippen LogP contribution >= 0.6 is 11.3 Å². The molecule has 5 heteroatoms. The summed E-state index contributed by atoms with van der Waals surface area (Å²) in [6, 6.07) is 18.4. The van der Waals surface area contributed by atoms with Crippen LogP contribution in [-0.2, 0) is 16.3 Å². The van der Waals surface area contributed by atoms with Crippen LogP contribution in [-0.4, -0.2) is 20.5 Å². The van der Waals surface area contributed by atoms with E-state index in [9.17, 15) is 13.2 Å². The van der Waals surface area contributed by atoms with Gasteiger partial charge in [-0.05, 0) is 42.3 Å². The van der Waals surface area contributed by atoms with Crippen LogP contribution < -0.4 is 0 Å². The van der Waals surface area contributed by atoms with Gasteiger partial charge in [0, 0.05) is 17.6 Å². The van der Waals surface area contributed by atoms with Gasteiger partial charge in [0.05, 0.1) is 9.77 Å². The van der Waals surface area contributed by atoms with Gasteiger partial charge in [0.1, 0.15) is 0 Å². The second kappa shape index (κ2) is 6.94. The number of hydrogen-bond acceptors (Lipinski definition) is 4. The number of carbonyl (C=O) groups is 1. The average Bonchev–Trinajstić information content (AvgIpc) is 3.04. The number of thiophene rings is 1. The lowest BCUT2D eigenvalue weighted by Crippen LogP contribution is -2.01. The normalized spacial score (nSPS) is 11.4. The summed E-state index contributed by atoms with van der Waals surface area (Å²) in [5.41, 5.74) is 3.06. The van der Waals surface area contributed by atoms with Crippen molar-refractivity contribution >= 4 is 27.0 Å². The molecule has 0 aliphatic heterocycles. The molecule has 0 N–H and O–H groups in total. The van der Waals surface area contributed by atoms with Crippen LogP contribution in [0.4, 0.5) is 0 Å². The van der Waals surface area contributed by atoms with E-state index in [0.29, 0.717) is 16.2 Å². The fraction of sp³-hybridized carbons (Fsp3) is 0.150. The van der Waals surface area contributed by atoms with Crippen LogP contribution in [0.3, 0.4) is 0 Å². The molecule has 25 heavy (non-hydrogen) atoms. The van der Waals surface area contributed by atoms with Crippen LogP contribution in [0.2, 0.25) is 0 Å². The molecule has 0 atom stereocenters. The van der Waals surface area contributed by atoms with Crippen molar-refractivity contribution in [3.8, 4) is 10.4 Å². The molecule has 3 nitrogen and oxygen atoms in total. The Hall–Kier alpha value is -2.24. The maximum absolute atomic E-state index is 12.5. The second-order valence-corrected chi connectivity index (χ2v) is 9.15. The lowest BCUT2D eigenvalue weighted by atomic mass is 10.1. The third kappa shape index (κ3) is 4.24. The van der Waals surface area contributed by atoms with Gasteiger partial charge in [-0.25, -0.2) is 8.42 Å². The van der Waals surface area contributed by atoms with Crippen molar-refractivity contribution in [1.82, 2.24) is 0 Å². The van der Waals surface area contributed by atoms with Gasteiger partial charge in [-0.2, -0.15) is 0 Å². The number of ketones is 1. The van der Waals surface area contributed by atoms with Crippen molar-refractivity contribution in [3.05, 3.63) is 76.7 Å². The SMILES string of the molecule is Cc1cccc(CC(=O)c2ccc(-c3ccc(S(C)(=O)=O)cc3)s2)c1. The highest BCUT2D eigenvalue weighted by Crippen LogP contribution is 2.29. The summed E-state index contributed by atoms with van der Waals surface area (Å²) < 4.78 is 23.1. The Morgan fingerprint density at radius 2 is 1.72 bits per heavy atom. The third-order valence-corrected chi connectivity index (χ3v) is 6.20. The van der Waals surface area contributed by atoms with Gasteiger partial charge in [0.2, 0.25) is 0 Å². The summed E-state index contributed by atoms with van der Waals surface area (Å²) >= 11 is 1.43. The fourth-order valence-corrected chi connectivity index (χ4v) is 4.18. The summed E-state index contributed by atoms with van der Waals surface area (Å²) in [6.07, 6.45) is 1.57. The summed E-state index contributed by atoms with van der Waals surface area (Å²) in [7, 11) is -3.20. The van der Waals surface area contributed by atoms with E-state index in [1.165, 1.54) is 17.6 Å². The predicted molar refractivity (Wildman–Crippen MR) is 102 cm³/mol. The Morgan fingerprint density at radius 3 is 2.36 bits per heavy atom. The van der Waals surface area contributed by atoms with E-state index in [4.69, 9.17) is 0 Å². The standard InChI is InChI=1S/C20H18O3S2/c1-14-4-3-5-15(12-14)13-18(21)20-11-10-19(24-20)16-6-8-17(9-7-16)25(2,22)23/h3-12H,13H2,1-2H3. The van der Waals surface area contributed by atoms with Crippen LogP contribution in [0.25, 0.3) is 10.4 Å². The monoisotopic (exact) mass is 370 g/mol. The minimum atomic E-state index is -3.20. The molecule has 0 aliphatic carbocycles. The molecule has 0 radical (unpaired) electrons. The van der Waals surface area contributed by atoms with E-state index >= 15 is 0 Å². The summed E-state index contributed by atoms with van der Waals surface area (Å²) in [4.78, 5) is 14.4. The van der Waals surface area contributed by atoms with Crippen LogP contribution in [0.5, 0.6) is 0 Å². The molecule has 3 rings (SSSR count). The van der Waals surface area contributed by atoms with E-state index in [2.05, 4.69) is 0 Å². The molecular formula is C20H18O3S2. The average molecular weight is 370 g/mol. The molecule has 0 unspecified atom stereocenters. The molecule has 0 aliphatic rings. The molecule has 2 aromatic carbocycles. The van der Waals surface area contributed by atoms with Crippen molar-refractivity contribution in [3.63, 3.8) is 0 Å². The largest absolute Gasteiger partial charge is 0.293 e. The first kappa shape index (κ1) is 17.6. The maximum atomic E-state index is 12.5. The van der Waals surface area contributed by atoms with Gasteiger partial charge in [-0.15, -0.1) is 11.3 Å². The zero-order valence-corrected chi connectivity index (χ0v) is 15.7. The van der Waals surface area contributed by atoms with Gasteiger partial charge < -0.3 is 0 Å². The van der Waals surface area contributed by atoms with Crippen LogP contribution in [0.15, 0.2) is 65.6 Å². The van der Waals surface area contributed by atoms with Crippen molar-refractivity contribution in [2.45, 2.75) is 18.2 Å². The highest BCUT2D eigenvalue weighted by Gasteiger charge is 2.12. The molecule has 1 heterocycles. The smallest absolute Gasteiger partial charge is 0.177 e. The fourth-order valence-electron chi connectivity index (χ4n) is 2.60. The highest BCUT2D eigenvalue weighted by atomic mass is 32.2. The van der Waals surface area contributed by atoms with Crippen molar-refractivity contribution in [2.24, 2.45) is 0 Å². The quantitative estimate of drug-likeness (QED) is 0.619. The predicted octanol–water partition coefficient (Wildman–Crippen LogP) is 4.55. The van der Waals surface area contributed by atoms with Crippen molar-refractivity contribution in [2.75, 3.05) is 6.26 Å². The summed E-state index contributed by atoms with van der Waals surface area (Å²) in [5, 5.41) is 0. The number of sulfone groups is 1. The van der Waals surface area contributed by atoms with Gasteiger partial charge >= 0.3 is 0 Å². The zero-order valence-electron chi connectivity index (χ0n) is 14.0. The molecule has 0 fully saturated rings. The molecule has 0 amide bonds. The van der Waals surface area contributed by atoms with Gasteiger partial charge in [-0.1, -0.05) is 42.0 Å². The van der Waals surface area contributed by atoms with E-state index < -0.39 is 9.84 Å². The minimum absolute atomic E-state index is 0.0922. The summed E-state index contributed by atoms with van der Waals surface area (Å²) in [5.74, 6) is 0.0922. The number of Topliss-reactive ketones (excluding diaryl/α,β-unsaturated/α-hetero) is 1. The first-order valence-corrected chi connectivity index (χ1v) is 10.5. The molecule has 0 spiro atoms. The molecule has 128 valence electrons. The maximum Gasteiger partial charge on any atom is 0.177 e. The van der Waals surface area contributed by atoms with Gasteiger partial charge in [0.25, 0.3) is 0 Å².